The molecule has 0 aromatic rings. The Bertz CT molecular complexity index is 993. The average molecular weight is 861 g/mol. The Morgan fingerprint density at radius 3 is 0.966 bits per heavy atom. The molecule has 11 heteroatoms. The minimum absolute atomic E-state index is 0.186. The van der Waals surface area contributed by atoms with E-state index in [0.29, 0.717) is 12.8 Å². The second-order valence-electron chi connectivity index (χ2n) is 16.8. The first-order valence-electron chi connectivity index (χ1n) is 24.6. The van der Waals surface area contributed by atoms with Gasteiger partial charge in [0.15, 0.2) is 0 Å². The number of unbranched alkanes of at least 4 members (excludes halogenated alkanes) is 31. The molecule has 0 aromatic heterocycles. The first-order chi connectivity index (χ1) is 28.8. The molecule has 0 spiro atoms. The molecule has 0 bridgehead atoms. The maximum atomic E-state index is 12.4. The highest BCUT2D eigenvalue weighted by molar-refractivity contribution is 7.47. The lowest BCUT2D eigenvalue weighted by molar-refractivity contribution is -0.153. The molecule has 0 radical (unpaired) electrons. The van der Waals surface area contributed by atoms with E-state index in [4.69, 9.17) is 18.5 Å². The fraction of sp³-hybridized carbons (Fsp3) is 0.917. The number of ether oxygens (including phenoxy) is 2. The van der Waals surface area contributed by atoms with E-state index in [0.717, 1.165) is 57.8 Å². The Hall–Kier alpha value is -1.29. The molecule has 0 heterocycles. The van der Waals surface area contributed by atoms with Gasteiger partial charge in [-0.05, 0) is 38.5 Å². The van der Waals surface area contributed by atoms with Crippen LogP contribution in [0.1, 0.15) is 245 Å². The van der Waals surface area contributed by atoms with Crippen molar-refractivity contribution in [2.24, 2.45) is 0 Å². The summed E-state index contributed by atoms with van der Waals surface area (Å²) in [5.41, 5.74) is 0. The molecule has 0 aromatic carbocycles. The van der Waals surface area contributed by atoms with Crippen LogP contribution in [0.15, 0.2) is 12.2 Å². The normalized spacial score (nSPS) is 13.8. The number of aliphatic hydroxyl groups is 2. The predicted octanol–water partition coefficient (Wildman–Crippen LogP) is 13.6. The molecule has 59 heavy (non-hydrogen) atoms. The highest BCUT2D eigenvalue weighted by Crippen LogP contribution is 2.43. The molecule has 0 amide bonds. The minimum atomic E-state index is -4.64. The van der Waals surface area contributed by atoms with E-state index >= 15 is 0 Å². The van der Waals surface area contributed by atoms with Crippen LogP contribution < -0.4 is 0 Å². The topological polar surface area (TPSA) is 149 Å². The highest BCUT2D eigenvalue weighted by atomic mass is 31.2. The van der Waals surface area contributed by atoms with Crippen LogP contribution in [0.3, 0.4) is 0 Å². The van der Waals surface area contributed by atoms with Gasteiger partial charge < -0.3 is 24.6 Å². The molecule has 0 rings (SSSR count). The summed E-state index contributed by atoms with van der Waals surface area (Å²) in [4.78, 5) is 34.6. The van der Waals surface area contributed by atoms with Crippen LogP contribution in [0, 0.1) is 0 Å². The van der Waals surface area contributed by atoms with Crippen molar-refractivity contribution < 1.29 is 47.8 Å². The zero-order valence-electron chi connectivity index (χ0n) is 38.2. The quantitative estimate of drug-likeness (QED) is 0.0234. The zero-order chi connectivity index (χ0) is 43.3. The van der Waals surface area contributed by atoms with E-state index < -0.39 is 58.4 Å². The lowest BCUT2D eigenvalue weighted by Crippen LogP contribution is -2.28. The van der Waals surface area contributed by atoms with Gasteiger partial charge in [0.25, 0.3) is 0 Å². The third-order valence-corrected chi connectivity index (χ3v) is 11.9. The number of carbonyl (C=O) groups excluding carboxylic acids is 2. The summed E-state index contributed by atoms with van der Waals surface area (Å²) in [6.07, 6.45) is 44.7. The van der Waals surface area contributed by atoms with Crippen molar-refractivity contribution >= 4 is 19.8 Å². The Morgan fingerprint density at radius 2 is 0.695 bits per heavy atom. The molecule has 0 saturated heterocycles. The van der Waals surface area contributed by atoms with E-state index in [9.17, 15) is 29.3 Å². The molecular weight excluding hydrogens is 767 g/mol. The summed E-state index contributed by atoms with van der Waals surface area (Å²) in [5.74, 6) is -1.01. The number of rotatable bonds is 47. The van der Waals surface area contributed by atoms with Gasteiger partial charge in [-0.15, -0.1) is 0 Å². The summed E-state index contributed by atoms with van der Waals surface area (Å²) in [7, 11) is -4.64. The Morgan fingerprint density at radius 1 is 0.441 bits per heavy atom. The molecule has 3 unspecified atom stereocenters. The average Bonchev–Trinajstić information content (AvgIpc) is 3.22. The van der Waals surface area contributed by atoms with Gasteiger partial charge in [0.2, 0.25) is 0 Å². The molecular formula is C48H93O10P. The fourth-order valence-corrected chi connectivity index (χ4v) is 7.95. The largest absolute Gasteiger partial charge is 0.472 e. The molecule has 3 atom stereocenters. The zero-order valence-corrected chi connectivity index (χ0v) is 39.1. The predicted molar refractivity (Wildman–Crippen MR) is 242 cm³/mol. The van der Waals surface area contributed by atoms with Crippen LogP contribution in [0.2, 0.25) is 0 Å². The maximum absolute atomic E-state index is 12.4. The standard InChI is InChI=1S/C48H93O10P/c1-3-5-7-9-11-13-15-17-19-20-21-22-23-24-26-28-30-32-34-36-38-40-48(52)58-46(42-50)44-56-59(53,54)55-43-45(41-49)57-47(51)39-37-35-33-31-29-27-25-18-16-14-12-10-8-6-4-2/h18,25,45-46,49-50H,3-17,19-24,26-44H2,1-2H3,(H,53,54)/b25-18-. The summed E-state index contributed by atoms with van der Waals surface area (Å²) >= 11 is 0. The Balaban J connectivity index is 3.82. The number of allylic oxidation sites excluding steroid dienone is 2. The lowest BCUT2D eigenvalue weighted by Gasteiger charge is -2.20. The smallest absolute Gasteiger partial charge is 0.457 e. The molecule has 0 aliphatic heterocycles. The van der Waals surface area contributed by atoms with Crippen molar-refractivity contribution in [1.29, 1.82) is 0 Å². The van der Waals surface area contributed by atoms with Crippen molar-refractivity contribution in [1.82, 2.24) is 0 Å². The van der Waals surface area contributed by atoms with Gasteiger partial charge in [0, 0.05) is 12.8 Å². The SMILES string of the molecule is CCCCCCCC/C=C\CCCCCCCC(=O)OC(CO)COP(=O)(O)OCC(CO)OC(=O)CCCCCCCCCCCCCCCCCCCCCCC. The van der Waals surface area contributed by atoms with Gasteiger partial charge in [-0.1, -0.05) is 206 Å². The van der Waals surface area contributed by atoms with Crippen molar-refractivity contribution in [3.8, 4) is 0 Å². The fourth-order valence-electron chi connectivity index (χ4n) is 7.17. The van der Waals surface area contributed by atoms with E-state index in [1.54, 1.807) is 0 Å². The van der Waals surface area contributed by atoms with Crippen molar-refractivity contribution in [3.63, 3.8) is 0 Å². The summed E-state index contributed by atoms with van der Waals surface area (Å²) in [6, 6.07) is 0. The van der Waals surface area contributed by atoms with Crippen molar-refractivity contribution in [2.45, 2.75) is 257 Å². The highest BCUT2D eigenvalue weighted by Gasteiger charge is 2.27. The number of hydrogen-bond donors (Lipinski definition) is 3. The van der Waals surface area contributed by atoms with Gasteiger partial charge in [-0.25, -0.2) is 4.57 Å². The molecule has 10 nitrogen and oxygen atoms in total. The van der Waals surface area contributed by atoms with Gasteiger partial charge in [0.1, 0.15) is 12.2 Å². The molecule has 0 fully saturated rings. The monoisotopic (exact) mass is 861 g/mol. The van der Waals surface area contributed by atoms with Crippen LogP contribution in [-0.4, -0.2) is 65.7 Å². The second kappa shape index (κ2) is 44.8. The van der Waals surface area contributed by atoms with Crippen LogP contribution in [0.5, 0.6) is 0 Å². The van der Waals surface area contributed by atoms with Crippen LogP contribution in [-0.2, 0) is 32.7 Å². The van der Waals surface area contributed by atoms with E-state index in [1.165, 1.54) is 148 Å². The number of phosphoric ester groups is 1. The van der Waals surface area contributed by atoms with Crippen LogP contribution >= 0.6 is 7.82 Å². The van der Waals surface area contributed by atoms with Crippen LogP contribution in [0.25, 0.3) is 0 Å². The Labute approximate surface area is 362 Å². The number of carbonyl (C=O) groups is 2. The van der Waals surface area contributed by atoms with Crippen molar-refractivity contribution in [3.05, 3.63) is 12.2 Å². The van der Waals surface area contributed by atoms with Gasteiger partial charge in [-0.2, -0.15) is 0 Å². The second-order valence-corrected chi connectivity index (χ2v) is 18.3. The first-order valence-corrected chi connectivity index (χ1v) is 26.1. The number of aliphatic hydroxyl groups excluding tert-OH is 2. The third kappa shape index (κ3) is 43.2. The molecule has 3 N–H and O–H groups in total. The molecule has 0 saturated carbocycles. The lowest BCUT2D eigenvalue weighted by atomic mass is 10.0. The molecule has 0 aliphatic rings. The molecule has 350 valence electrons. The first kappa shape index (κ1) is 57.7. The third-order valence-electron chi connectivity index (χ3n) is 11.0. The van der Waals surface area contributed by atoms with Gasteiger partial charge in [-0.3, -0.25) is 18.6 Å². The number of phosphoric acid groups is 1. The number of esters is 2. The maximum Gasteiger partial charge on any atom is 0.472 e. The summed E-state index contributed by atoms with van der Waals surface area (Å²) in [5, 5.41) is 19.2. The van der Waals surface area contributed by atoms with E-state index in [1.807, 2.05) is 0 Å². The minimum Gasteiger partial charge on any atom is -0.457 e. The molecule has 0 aliphatic carbocycles. The van der Waals surface area contributed by atoms with Gasteiger partial charge >= 0.3 is 19.8 Å². The summed E-state index contributed by atoms with van der Waals surface area (Å²) in [6.45, 7) is 2.24. The Kier molecular flexibility index (Phi) is 43.8. The summed E-state index contributed by atoms with van der Waals surface area (Å²) < 4.78 is 32.7. The number of hydrogen-bond acceptors (Lipinski definition) is 9. The van der Waals surface area contributed by atoms with Crippen LogP contribution in [0.4, 0.5) is 0 Å². The van der Waals surface area contributed by atoms with E-state index in [2.05, 4.69) is 26.0 Å². The van der Waals surface area contributed by atoms with Gasteiger partial charge in [0.05, 0.1) is 26.4 Å². The van der Waals surface area contributed by atoms with E-state index in [-0.39, 0.29) is 12.8 Å². The van der Waals surface area contributed by atoms with Crippen molar-refractivity contribution in [2.75, 3.05) is 26.4 Å².